The lowest BCUT2D eigenvalue weighted by molar-refractivity contribution is -0.0394. The normalized spacial score (nSPS) is 36.2. The summed E-state index contributed by atoms with van der Waals surface area (Å²) in [6.45, 7) is 8.24. The predicted molar refractivity (Wildman–Crippen MR) is 64.8 cm³/mol. The van der Waals surface area contributed by atoms with E-state index < -0.39 is 0 Å². The van der Waals surface area contributed by atoms with Crippen LogP contribution in [0.1, 0.15) is 46.0 Å². The Morgan fingerprint density at radius 2 is 1.87 bits per heavy atom. The molecule has 1 aliphatic carbocycles. The van der Waals surface area contributed by atoms with Crippen LogP contribution in [0.3, 0.4) is 0 Å². The second-order valence-corrected chi connectivity index (χ2v) is 6.26. The summed E-state index contributed by atoms with van der Waals surface area (Å²) < 4.78 is 0. The average molecular weight is 210 g/mol. The van der Waals surface area contributed by atoms with Crippen molar-refractivity contribution in [1.29, 1.82) is 0 Å². The summed E-state index contributed by atoms with van der Waals surface area (Å²) in [5.41, 5.74) is 6.29. The van der Waals surface area contributed by atoms with Gasteiger partial charge in [-0.3, -0.25) is 4.90 Å². The molecule has 0 amide bonds. The van der Waals surface area contributed by atoms with E-state index >= 15 is 0 Å². The van der Waals surface area contributed by atoms with Crippen molar-refractivity contribution >= 4 is 0 Å². The molecule has 2 N–H and O–H groups in total. The number of likely N-dealkylation sites (tertiary alicyclic amines) is 1. The molecule has 1 heterocycles. The fraction of sp³-hybridized carbons (Fsp3) is 1.00. The van der Waals surface area contributed by atoms with Gasteiger partial charge < -0.3 is 5.73 Å². The van der Waals surface area contributed by atoms with Crippen molar-refractivity contribution in [1.82, 2.24) is 4.90 Å². The number of hydrogen-bond acceptors (Lipinski definition) is 2. The molecule has 88 valence electrons. The second kappa shape index (κ2) is 4.42. The van der Waals surface area contributed by atoms with Crippen LogP contribution in [0.25, 0.3) is 0 Å². The molecule has 2 atom stereocenters. The highest BCUT2D eigenvalue weighted by Gasteiger charge is 2.41. The van der Waals surface area contributed by atoms with E-state index in [-0.39, 0.29) is 0 Å². The van der Waals surface area contributed by atoms with Crippen LogP contribution < -0.4 is 5.73 Å². The minimum Gasteiger partial charge on any atom is -0.330 e. The van der Waals surface area contributed by atoms with E-state index in [0.717, 1.165) is 18.5 Å². The molecule has 0 aromatic rings. The smallest absolute Gasteiger partial charge is 0.0124 e. The molecule has 2 unspecified atom stereocenters. The molecule has 0 radical (unpaired) electrons. The van der Waals surface area contributed by atoms with Crippen LogP contribution >= 0.6 is 0 Å². The lowest BCUT2D eigenvalue weighted by Crippen LogP contribution is -2.59. The largest absolute Gasteiger partial charge is 0.330 e. The van der Waals surface area contributed by atoms with Gasteiger partial charge >= 0.3 is 0 Å². The topological polar surface area (TPSA) is 29.3 Å². The van der Waals surface area contributed by atoms with E-state index in [2.05, 4.69) is 18.7 Å². The molecule has 0 bridgehead atoms. The first-order chi connectivity index (χ1) is 7.12. The predicted octanol–water partition coefficient (Wildman–Crippen LogP) is 2.24. The van der Waals surface area contributed by atoms with Gasteiger partial charge in [-0.05, 0) is 37.1 Å². The Labute approximate surface area is 94.2 Å². The molecule has 0 spiro atoms. The molecule has 2 rings (SSSR count). The van der Waals surface area contributed by atoms with E-state index in [9.17, 15) is 0 Å². The summed E-state index contributed by atoms with van der Waals surface area (Å²) in [4.78, 5) is 2.71. The number of nitrogens with two attached hydrogens (primary N) is 1. The zero-order valence-corrected chi connectivity index (χ0v) is 10.3. The molecular weight excluding hydrogens is 184 g/mol. The van der Waals surface area contributed by atoms with Crippen molar-refractivity contribution in [2.45, 2.75) is 52.0 Å². The molecule has 1 saturated carbocycles. The number of hydrogen-bond donors (Lipinski definition) is 1. The Morgan fingerprint density at radius 3 is 2.47 bits per heavy atom. The summed E-state index contributed by atoms with van der Waals surface area (Å²) in [6, 6.07) is 0.857. The first-order valence-electron chi connectivity index (χ1n) is 6.56. The van der Waals surface area contributed by atoms with Crippen molar-refractivity contribution < 1.29 is 0 Å². The molecule has 15 heavy (non-hydrogen) atoms. The molecule has 1 aliphatic heterocycles. The Balaban J connectivity index is 1.88. The SMILES string of the molecule is CC1(C)CN(C2CCCCC2CCN)C1. The van der Waals surface area contributed by atoms with Gasteiger partial charge in [-0.1, -0.05) is 26.7 Å². The van der Waals surface area contributed by atoms with Crippen LogP contribution in [0.2, 0.25) is 0 Å². The van der Waals surface area contributed by atoms with Crippen LogP contribution in [-0.2, 0) is 0 Å². The molecule has 2 fully saturated rings. The van der Waals surface area contributed by atoms with Crippen LogP contribution in [0.4, 0.5) is 0 Å². The van der Waals surface area contributed by atoms with Gasteiger partial charge in [0.2, 0.25) is 0 Å². The van der Waals surface area contributed by atoms with Crippen molar-refractivity contribution in [3.8, 4) is 0 Å². The van der Waals surface area contributed by atoms with Gasteiger partial charge in [0.15, 0.2) is 0 Å². The van der Waals surface area contributed by atoms with E-state index in [1.54, 1.807) is 0 Å². The molecule has 0 aromatic carbocycles. The minimum atomic E-state index is 0.574. The summed E-state index contributed by atoms with van der Waals surface area (Å²) in [7, 11) is 0. The van der Waals surface area contributed by atoms with E-state index in [1.807, 2.05) is 0 Å². The van der Waals surface area contributed by atoms with E-state index in [1.165, 1.54) is 45.2 Å². The van der Waals surface area contributed by atoms with Crippen molar-refractivity contribution in [3.63, 3.8) is 0 Å². The summed E-state index contributed by atoms with van der Waals surface area (Å²) in [5, 5.41) is 0. The summed E-state index contributed by atoms with van der Waals surface area (Å²) in [5.74, 6) is 0.889. The third-order valence-electron chi connectivity index (χ3n) is 4.14. The maximum Gasteiger partial charge on any atom is 0.0124 e. The first kappa shape index (κ1) is 11.4. The number of rotatable bonds is 3. The Hall–Kier alpha value is -0.0800. The van der Waals surface area contributed by atoms with E-state index in [4.69, 9.17) is 5.73 Å². The van der Waals surface area contributed by atoms with Gasteiger partial charge in [-0.25, -0.2) is 0 Å². The number of nitrogens with zero attached hydrogens (tertiary/aromatic N) is 1. The van der Waals surface area contributed by atoms with Crippen LogP contribution in [0, 0.1) is 11.3 Å². The molecule has 1 saturated heterocycles. The quantitative estimate of drug-likeness (QED) is 0.774. The average Bonchev–Trinajstić information content (AvgIpc) is 2.15. The van der Waals surface area contributed by atoms with Gasteiger partial charge in [0.25, 0.3) is 0 Å². The fourth-order valence-electron chi connectivity index (χ4n) is 3.51. The second-order valence-electron chi connectivity index (χ2n) is 6.26. The van der Waals surface area contributed by atoms with Gasteiger partial charge in [-0.2, -0.15) is 0 Å². The lowest BCUT2D eigenvalue weighted by atomic mass is 9.76. The third kappa shape index (κ3) is 2.54. The highest BCUT2D eigenvalue weighted by molar-refractivity contribution is 4.95. The lowest BCUT2D eigenvalue weighted by Gasteiger charge is -2.53. The minimum absolute atomic E-state index is 0.574. The van der Waals surface area contributed by atoms with Crippen LogP contribution in [0.15, 0.2) is 0 Å². The highest BCUT2D eigenvalue weighted by atomic mass is 15.2. The maximum absolute atomic E-state index is 5.72. The van der Waals surface area contributed by atoms with Gasteiger partial charge in [0.05, 0.1) is 0 Å². The van der Waals surface area contributed by atoms with E-state index in [0.29, 0.717) is 5.41 Å². The molecule has 0 aromatic heterocycles. The van der Waals surface area contributed by atoms with Gasteiger partial charge in [0, 0.05) is 19.1 Å². The molecule has 2 aliphatic rings. The summed E-state index contributed by atoms with van der Waals surface area (Å²) >= 11 is 0. The molecule has 2 nitrogen and oxygen atoms in total. The van der Waals surface area contributed by atoms with Crippen molar-refractivity contribution in [2.24, 2.45) is 17.1 Å². The zero-order chi connectivity index (χ0) is 10.9. The Kier molecular flexibility index (Phi) is 3.36. The van der Waals surface area contributed by atoms with Crippen molar-refractivity contribution in [2.75, 3.05) is 19.6 Å². The van der Waals surface area contributed by atoms with Crippen LogP contribution in [-0.4, -0.2) is 30.6 Å². The fourth-order valence-corrected chi connectivity index (χ4v) is 3.51. The standard InChI is InChI=1S/C13H26N2/c1-13(2)9-15(10-13)12-6-4-3-5-11(12)7-8-14/h11-12H,3-10,14H2,1-2H3. The third-order valence-corrected chi connectivity index (χ3v) is 4.14. The van der Waals surface area contributed by atoms with Crippen molar-refractivity contribution in [3.05, 3.63) is 0 Å². The molecule has 2 heteroatoms. The monoisotopic (exact) mass is 210 g/mol. The van der Waals surface area contributed by atoms with Gasteiger partial charge in [-0.15, -0.1) is 0 Å². The zero-order valence-electron chi connectivity index (χ0n) is 10.3. The summed E-state index contributed by atoms with van der Waals surface area (Å²) in [6.07, 6.45) is 6.93. The Bertz CT molecular complexity index is 203. The van der Waals surface area contributed by atoms with Crippen LogP contribution in [0.5, 0.6) is 0 Å². The molecular formula is C13H26N2. The van der Waals surface area contributed by atoms with Gasteiger partial charge in [0.1, 0.15) is 0 Å². The maximum atomic E-state index is 5.72. The Morgan fingerprint density at radius 1 is 1.20 bits per heavy atom. The highest BCUT2D eigenvalue weighted by Crippen LogP contribution is 2.38. The first-order valence-corrected chi connectivity index (χ1v) is 6.56.